The summed E-state index contributed by atoms with van der Waals surface area (Å²) in [5.74, 6) is 0.461. The van der Waals surface area contributed by atoms with E-state index < -0.39 is 10.0 Å². The highest BCUT2D eigenvalue weighted by Crippen LogP contribution is 2.22. The predicted molar refractivity (Wildman–Crippen MR) is 111 cm³/mol. The van der Waals surface area contributed by atoms with Crippen molar-refractivity contribution < 1.29 is 13.2 Å². The molecule has 0 saturated carbocycles. The van der Waals surface area contributed by atoms with Gasteiger partial charge in [-0.25, -0.2) is 12.7 Å². The monoisotopic (exact) mass is 407 g/mol. The van der Waals surface area contributed by atoms with Gasteiger partial charge >= 0.3 is 0 Å². The molecular formula is C21H33N3O3S. The van der Waals surface area contributed by atoms with Gasteiger partial charge in [0.25, 0.3) is 0 Å². The van der Waals surface area contributed by atoms with Gasteiger partial charge in [0.2, 0.25) is 15.9 Å². The minimum Gasteiger partial charge on any atom is -0.356 e. The molecule has 1 atom stereocenters. The highest BCUT2D eigenvalue weighted by atomic mass is 32.2. The molecule has 6 nitrogen and oxygen atoms in total. The van der Waals surface area contributed by atoms with Crippen molar-refractivity contribution in [2.45, 2.75) is 38.4 Å². The molecule has 1 aromatic carbocycles. The van der Waals surface area contributed by atoms with Gasteiger partial charge in [0.15, 0.2) is 0 Å². The molecule has 156 valence electrons. The lowest BCUT2D eigenvalue weighted by Crippen LogP contribution is -2.44. The topological polar surface area (TPSA) is 69.7 Å². The molecule has 0 spiro atoms. The van der Waals surface area contributed by atoms with Crippen LogP contribution in [0.1, 0.15) is 38.2 Å². The first-order valence-electron chi connectivity index (χ1n) is 10.5. The largest absolute Gasteiger partial charge is 0.356 e. The molecule has 0 aromatic heterocycles. The quantitative estimate of drug-likeness (QED) is 0.716. The Balaban J connectivity index is 1.40. The molecule has 2 fully saturated rings. The van der Waals surface area contributed by atoms with Crippen molar-refractivity contribution in [1.82, 2.24) is 14.5 Å². The van der Waals surface area contributed by atoms with E-state index in [1.807, 2.05) is 30.3 Å². The van der Waals surface area contributed by atoms with E-state index in [2.05, 4.69) is 17.1 Å². The van der Waals surface area contributed by atoms with Gasteiger partial charge in [-0.3, -0.25) is 4.79 Å². The average molecular weight is 408 g/mol. The van der Waals surface area contributed by atoms with Crippen LogP contribution in [0.4, 0.5) is 0 Å². The van der Waals surface area contributed by atoms with E-state index in [9.17, 15) is 13.2 Å². The van der Waals surface area contributed by atoms with Gasteiger partial charge in [0.05, 0.1) is 5.75 Å². The van der Waals surface area contributed by atoms with E-state index in [1.165, 1.54) is 25.9 Å². The van der Waals surface area contributed by atoms with Crippen LogP contribution in [0.3, 0.4) is 0 Å². The Morgan fingerprint density at radius 1 is 1.11 bits per heavy atom. The summed E-state index contributed by atoms with van der Waals surface area (Å²) < 4.78 is 26.8. The number of sulfonamides is 1. The molecule has 2 saturated heterocycles. The predicted octanol–water partition coefficient (Wildman–Crippen LogP) is 2.08. The third-order valence-corrected chi connectivity index (χ3v) is 7.65. The lowest BCUT2D eigenvalue weighted by molar-refractivity contribution is -0.126. The summed E-state index contributed by atoms with van der Waals surface area (Å²) in [4.78, 5) is 15.0. The second kappa shape index (κ2) is 9.85. The lowest BCUT2D eigenvalue weighted by Gasteiger charge is -2.31. The smallest absolute Gasteiger partial charge is 0.223 e. The Bertz CT molecular complexity index is 725. The van der Waals surface area contributed by atoms with Gasteiger partial charge < -0.3 is 10.2 Å². The van der Waals surface area contributed by atoms with Crippen LogP contribution >= 0.6 is 0 Å². The number of nitrogens with one attached hydrogen (secondary N) is 1. The van der Waals surface area contributed by atoms with Crippen molar-refractivity contribution in [3.63, 3.8) is 0 Å². The molecule has 28 heavy (non-hydrogen) atoms. The number of carbonyl (C=O) groups excluding carboxylic acids is 1. The summed E-state index contributed by atoms with van der Waals surface area (Å²) in [5.41, 5.74) is 0.800. The standard InChI is InChI=1S/C21H33N3O3S/c1-18(16-23-11-5-6-12-23)15-22-21(25)20-9-13-24(14-10-20)28(26,27)17-19-7-3-2-4-8-19/h2-4,7-8,18,20H,5-6,9-17H2,1H3,(H,22,25)/t18-/m1/s1. The van der Waals surface area contributed by atoms with E-state index in [-0.39, 0.29) is 17.6 Å². The van der Waals surface area contributed by atoms with E-state index in [0.29, 0.717) is 38.4 Å². The zero-order chi connectivity index (χ0) is 20.0. The first kappa shape index (κ1) is 21.3. The first-order valence-corrected chi connectivity index (χ1v) is 12.1. The number of hydrogen-bond donors (Lipinski definition) is 1. The summed E-state index contributed by atoms with van der Waals surface area (Å²) in [6.45, 7) is 7.12. The van der Waals surface area contributed by atoms with Crippen LogP contribution in [0, 0.1) is 11.8 Å². The van der Waals surface area contributed by atoms with Crippen LogP contribution < -0.4 is 5.32 Å². The summed E-state index contributed by atoms with van der Waals surface area (Å²) in [6.07, 6.45) is 3.76. The first-order chi connectivity index (χ1) is 13.4. The number of nitrogens with zero attached hydrogens (tertiary/aromatic N) is 2. The van der Waals surface area contributed by atoms with Gasteiger partial charge in [0, 0.05) is 32.1 Å². The number of benzene rings is 1. The second-order valence-corrected chi connectivity index (χ2v) is 10.2. The van der Waals surface area contributed by atoms with Crippen molar-refractivity contribution in [3.05, 3.63) is 35.9 Å². The molecule has 2 aliphatic heterocycles. The highest BCUT2D eigenvalue weighted by Gasteiger charge is 2.31. The molecule has 0 aliphatic carbocycles. The maximum atomic E-state index is 12.6. The fourth-order valence-corrected chi connectivity index (χ4v) is 5.73. The van der Waals surface area contributed by atoms with Crippen LogP contribution in [0.15, 0.2) is 30.3 Å². The number of likely N-dealkylation sites (tertiary alicyclic amines) is 1. The van der Waals surface area contributed by atoms with Crippen molar-refractivity contribution in [1.29, 1.82) is 0 Å². The van der Waals surface area contributed by atoms with Crippen LogP contribution in [0.5, 0.6) is 0 Å². The van der Waals surface area contributed by atoms with Gasteiger partial charge in [-0.2, -0.15) is 0 Å². The van der Waals surface area contributed by atoms with E-state index in [1.54, 1.807) is 4.31 Å². The second-order valence-electron chi connectivity index (χ2n) is 8.27. The van der Waals surface area contributed by atoms with Crippen LogP contribution in [0.2, 0.25) is 0 Å². The molecule has 2 aliphatic rings. The third kappa shape index (κ3) is 6.03. The van der Waals surface area contributed by atoms with Crippen molar-refractivity contribution in [2.24, 2.45) is 11.8 Å². The molecule has 7 heteroatoms. The highest BCUT2D eigenvalue weighted by molar-refractivity contribution is 7.88. The van der Waals surface area contributed by atoms with Gasteiger partial charge in [-0.15, -0.1) is 0 Å². The fraction of sp³-hybridized carbons (Fsp3) is 0.667. The Kier molecular flexibility index (Phi) is 7.48. The summed E-state index contributed by atoms with van der Waals surface area (Å²) in [5, 5.41) is 3.09. The van der Waals surface area contributed by atoms with Crippen LogP contribution in [0.25, 0.3) is 0 Å². The number of hydrogen-bond acceptors (Lipinski definition) is 4. The molecule has 1 aromatic rings. The molecule has 0 unspecified atom stereocenters. The Morgan fingerprint density at radius 3 is 2.39 bits per heavy atom. The van der Waals surface area contributed by atoms with Gasteiger partial charge in [-0.05, 0) is 50.3 Å². The van der Waals surface area contributed by atoms with Gasteiger partial charge in [0.1, 0.15) is 0 Å². The molecule has 3 rings (SSSR count). The average Bonchev–Trinajstić information content (AvgIpc) is 3.19. The van der Waals surface area contributed by atoms with Crippen LogP contribution in [-0.2, 0) is 20.6 Å². The minimum absolute atomic E-state index is 0.0265. The van der Waals surface area contributed by atoms with Crippen molar-refractivity contribution >= 4 is 15.9 Å². The zero-order valence-corrected chi connectivity index (χ0v) is 17.7. The van der Waals surface area contributed by atoms with Crippen molar-refractivity contribution in [3.8, 4) is 0 Å². The number of rotatable bonds is 8. The maximum Gasteiger partial charge on any atom is 0.223 e. The van der Waals surface area contributed by atoms with E-state index in [4.69, 9.17) is 0 Å². The third-order valence-electron chi connectivity index (χ3n) is 5.80. The van der Waals surface area contributed by atoms with E-state index in [0.717, 1.165) is 12.1 Å². The number of amides is 1. The fourth-order valence-electron chi connectivity index (χ4n) is 4.16. The van der Waals surface area contributed by atoms with E-state index >= 15 is 0 Å². The SMILES string of the molecule is C[C@H](CNC(=O)C1CCN(S(=O)(=O)Cc2ccccc2)CC1)CN1CCCC1. The number of piperidine rings is 1. The molecule has 2 heterocycles. The lowest BCUT2D eigenvalue weighted by atomic mass is 9.97. The molecule has 0 bridgehead atoms. The normalized spacial score (nSPS) is 20.9. The number of carbonyl (C=O) groups is 1. The summed E-state index contributed by atoms with van der Waals surface area (Å²) in [6, 6.07) is 9.26. The Labute approximate surface area is 169 Å². The molecule has 0 radical (unpaired) electrons. The van der Waals surface area contributed by atoms with Crippen LogP contribution in [-0.4, -0.2) is 62.8 Å². The summed E-state index contributed by atoms with van der Waals surface area (Å²) >= 11 is 0. The zero-order valence-electron chi connectivity index (χ0n) is 16.8. The van der Waals surface area contributed by atoms with Gasteiger partial charge in [-0.1, -0.05) is 37.3 Å². The molecule has 1 N–H and O–H groups in total. The molecular weight excluding hydrogens is 374 g/mol. The minimum atomic E-state index is -3.33. The molecule has 1 amide bonds. The Hall–Kier alpha value is -1.44. The Morgan fingerprint density at radius 2 is 1.75 bits per heavy atom. The van der Waals surface area contributed by atoms with Crippen molar-refractivity contribution in [2.75, 3.05) is 39.3 Å². The maximum absolute atomic E-state index is 12.6. The summed E-state index contributed by atoms with van der Waals surface area (Å²) in [7, 11) is -3.33.